The third-order valence-corrected chi connectivity index (χ3v) is 6.34. The van der Waals surface area contributed by atoms with Gasteiger partial charge in [-0.05, 0) is 53.9 Å². The van der Waals surface area contributed by atoms with Crippen molar-refractivity contribution in [3.63, 3.8) is 0 Å². The molecule has 5 aromatic rings. The highest BCUT2D eigenvalue weighted by molar-refractivity contribution is 6.13. The van der Waals surface area contributed by atoms with Crippen molar-refractivity contribution in [3.8, 4) is 0 Å². The SMILES string of the molecule is CC(C)(C)OC(=O)C(Cc1c2ccccc2cc2ccccc12)N=C(c1ccccc1)c1ccccc1. The largest absolute Gasteiger partial charge is 0.458 e. The van der Waals surface area contributed by atoms with Gasteiger partial charge in [0.25, 0.3) is 0 Å². The summed E-state index contributed by atoms with van der Waals surface area (Å²) in [5.74, 6) is -0.325. The normalized spacial score (nSPS) is 12.3. The lowest BCUT2D eigenvalue weighted by atomic mass is 9.92. The van der Waals surface area contributed by atoms with Crippen LogP contribution in [0, 0.1) is 0 Å². The van der Waals surface area contributed by atoms with E-state index < -0.39 is 11.6 Å². The van der Waals surface area contributed by atoms with Gasteiger partial charge in [-0.3, -0.25) is 4.99 Å². The van der Waals surface area contributed by atoms with Gasteiger partial charge < -0.3 is 4.74 Å². The topological polar surface area (TPSA) is 38.7 Å². The monoisotopic (exact) mass is 485 g/mol. The average molecular weight is 486 g/mol. The number of carbonyl (C=O) groups is 1. The second-order valence-electron chi connectivity index (χ2n) is 10.3. The van der Waals surface area contributed by atoms with E-state index in [-0.39, 0.29) is 5.97 Å². The first-order valence-corrected chi connectivity index (χ1v) is 12.7. The molecule has 0 saturated heterocycles. The molecule has 37 heavy (non-hydrogen) atoms. The Morgan fingerprint density at radius 2 is 1.16 bits per heavy atom. The molecule has 5 rings (SSSR count). The third-order valence-electron chi connectivity index (χ3n) is 6.34. The van der Waals surface area contributed by atoms with Gasteiger partial charge in [0.1, 0.15) is 5.60 Å². The van der Waals surface area contributed by atoms with E-state index in [2.05, 4.69) is 30.3 Å². The van der Waals surface area contributed by atoms with Crippen molar-refractivity contribution in [2.24, 2.45) is 4.99 Å². The van der Waals surface area contributed by atoms with Crippen LogP contribution >= 0.6 is 0 Å². The molecule has 0 aromatic heterocycles. The lowest BCUT2D eigenvalue weighted by molar-refractivity contribution is -0.156. The average Bonchev–Trinajstić information content (AvgIpc) is 2.90. The van der Waals surface area contributed by atoms with Crippen molar-refractivity contribution >= 4 is 33.2 Å². The number of fused-ring (bicyclic) bond motifs is 2. The van der Waals surface area contributed by atoms with Crippen molar-refractivity contribution in [2.45, 2.75) is 38.8 Å². The Kier molecular flexibility index (Phi) is 6.87. The quantitative estimate of drug-likeness (QED) is 0.140. The molecule has 0 heterocycles. The number of esters is 1. The van der Waals surface area contributed by atoms with Crippen LogP contribution in [0.2, 0.25) is 0 Å². The van der Waals surface area contributed by atoms with Crippen LogP contribution in [0.4, 0.5) is 0 Å². The molecule has 0 fully saturated rings. The maximum absolute atomic E-state index is 13.7. The van der Waals surface area contributed by atoms with Crippen LogP contribution in [0.25, 0.3) is 21.5 Å². The zero-order chi connectivity index (χ0) is 25.8. The fraction of sp³-hybridized carbons (Fsp3) is 0.176. The van der Waals surface area contributed by atoms with Crippen LogP contribution < -0.4 is 0 Å². The molecule has 184 valence electrons. The molecule has 0 amide bonds. The molecule has 5 aromatic carbocycles. The minimum Gasteiger partial charge on any atom is -0.458 e. The van der Waals surface area contributed by atoms with Gasteiger partial charge in [-0.2, -0.15) is 0 Å². The van der Waals surface area contributed by atoms with Gasteiger partial charge >= 0.3 is 5.97 Å². The summed E-state index contributed by atoms with van der Waals surface area (Å²) in [7, 11) is 0. The molecule has 1 atom stereocenters. The van der Waals surface area contributed by atoms with Gasteiger partial charge in [0, 0.05) is 17.5 Å². The van der Waals surface area contributed by atoms with Crippen LogP contribution in [-0.2, 0) is 16.0 Å². The Morgan fingerprint density at radius 3 is 1.65 bits per heavy atom. The number of aliphatic imine (C=N–C) groups is 1. The highest BCUT2D eigenvalue weighted by Gasteiger charge is 2.27. The lowest BCUT2D eigenvalue weighted by Gasteiger charge is -2.24. The summed E-state index contributed by atoms with van der Waals surface area (Å²) in [6.45, 7) is 5.69. The highest BCUT2D eigenvalue weighted by atomic mass is 16.6. The van der Waals surface area contributed by atoms with Gasteiger partial charge in [0.2, 0.25) is 0 Å². The van der Waals surface area contributed by atoms with E-state index in [1.807, 2.05) is 106 Å². The molecular weight excluding hydrogens is 454 g/mol. The maximum atomic E-state index is 13.7. The van der Waals surface area contributed by atoms with E-state index in [9.17, 15) is 4.79 Å². The zero-order valence-corrected chi connectivity index (χ0v) is 21.5. The third kappa shape index (κ3) is 5.62. The molecule has 0 bridgehead atoms. The first-order chi connectivity index (χ1) is 17.9. The van der Waals surface area contributed by atoms with Crippen molar-refractivity contribution in [2.75, 3.05) is 0 Å². The summed E-state index contributed by atoms with van der Waals surface area (Å²) < 4.78 is 5.92. The first-order valence-electron chi connectivity index (χ1n) is 12.7. The molecule has 0 N–H and O–H groups in total. The molecule has 0 spiro atoms. The molecule has 1 unspecified atom stereocenters. The van der Waals surface area contributed by atoms with Crippen molar-refractivity contribution < 1.29 is 9.53 Å². The number of hydrogen-bond acceptors (Lipinski definition) is 3. The minimum atomic E-state index is -0.719. The Labute approximate surface area is 218 Å². The predicted molar refractivity (Wildman–Crippen MR) is 153 cm³/mol. The number of nitrogens with zero attached hydrogens (tertiary/aromatic N) is 1. The van der Waals surface area contributed by atoms with E-state index in [0.29, 0.717) is 6.42 Å². The molecule has 0 aliphatic carbocycles. The molecule has 0 aliphatic heterocycles. The molecule has 3 nitrogen and oxygen atoms in total. The Hall–Kier alpha value is -4.24. The Morgan fingerprint density at radius 1 is 0.703 bits per heavy atom. The van der Waals surface area contributed by atoms with Crippen LogP contribution in [0.3, 0.4) is 0 Å². The number of carbonyl (C=O) groups excluding carboxylic acids is 1. The van der Waals surface area contributed by atoms with E-state index in [4.69, 9.17) is 9.73 Å². The first kappa shape index (κ1) is 24.5. The summed E-state index contributed by atoms with van der Waals surface area (Å²) >= 11 is 0. The zero-order valence-electron chi connectivity index (χ0n) is 21.5. The van der Waals surface area contributed by atoms with Crippen molar-refractivity contribution in [1.82, 2.24) is 0 Å². The molecule has 0 saturated carbocycles. The number of hydrogen-bond donors (Lipinski definition) is 0. The van der Waals surface area contributed by atoms with E-state index in [1.54, 1.807) is 0 Å². The van der Waals surface area contributed by atoms with Gasteiger partial charge in [0.15, 0.2) is 6.04 Å². The van der Waals surface area contributed by atoms with Crippen molar-refractivity contribution in [3.05, 3.63) is 132 Å². The fourth-order valence-corrected chi connectivity index (χ4v) is 4.74. The summed E-state index contributed by atoms with van der Waals surface area (Å²) in [4.78, 5) is 18.9. The molecule has 3 heteroatoms. The van der Waals surface area contributed by atoms with Crippen LogP contribution in [0.15, 0.2) is 120 Å². The second-order valence-corrected chi connectivity index (χ2v) is 10.3. The fourth-order valence-electron chi connectivity index (χ4n) is 4.74. The van der Waals surface area contributed by atoms with E-state index in [0.717, 1.165) is 43.9 Å². The van der Waals surface area contributed by atoms with Crippen LogP contribution in [0.1, 0.15) is 37.5 Å². The Balaban J connectivity index is 1.70. The number of ether oxygens (including phenoxy) is 1. The molecular formula is C34H31NO2. The van der Waals surface area contributed by atoms with Crippen LogP contribution in [-0.4, -0.2) is 23.3 Å². The lowest BCUT2D eigenvalue weighted by Crippen LogP contribution is -2.33. The van der Waals surface area contributed by atoms with E-state index >= 15 is 0 Å². The smallest absolute Gasteiger partial charge is 0.331 e. The number of rotatable bonds is 6. The molecule has 0 aliphatic rings. The van der Waals surface area contributed by atoms with Crippen molar-refractivity contribution in [1.29, 1.82) is 0 Å². The van der Waals surface area contributed by atoms with Gasteiger partial charge in [-0.25, -0.2) is 4.79 Å². The summed E-state index contributed by atoms with van der Waals surface area (Å²) in [5.41, 5.74) is 3.19. The summed E-state index contributed by atoms with van der Waals surface area (Å²) in [6.07, 6.45) is 0.431. The van der Waals surface area contributed by atoms with Gasteiger partial charge in [0.05, 0.1) is 5.71 Å². The number of benzene rings is 5. The maximum Gasteiger partial charge on any atom is 0.331 e. The Bertz CT molecular complexity index is 1470. The highest BCUT2D eigenvalue weighted by Crippen LogP contribution is 2.30. The standard InChI is InChI=1S/C34H31NO2/c1-34(2,3)37-33(36)31(35-32(24-14-6-4-7-15-24)25-16-8-5-9-17-25)23-30-28-20-12-10-18-26(28)22-27-19-11-13-21-29(27)30/h4-22,31H,23H2,1-3H3. The molecule has 0 radical (unpaired) electrons. The minimum absolute atomic E-state index is 0.325. The van der Waals surface area contributed by atoms with Crippen LogP contribution in [0.5, 0.6) is 0 Å². The van der Waals surface area contributed by atoms with Gasteiger partial charge in [-0.1, -0.05) is 109 Å². The van der Waals surface area contributed by atoms with E-state index in [1.165, 1.54) is 0 Å². The second kappa shape index (κ2) is 10.4. The predicted octanol–water partition coefficient (Wildman–Crippen LogP) is 7.78. The summed E-state index contributed by atoms with van der Waals surface area (Å²) in [5, 5.41) is 4.56. The van der Waals surface area contributed by atoms with Gasteiger partial charge in [-0.15, -0.1) is 0 Å². The summed E-state index contributed by atoms with van der Waals surface area (Å²) in [6, 6.07) is 38.3.